The van der Waals surface area contributed by atoms with E-state index in [-0.39, 0.29) is 11.7 Å². The molecule has 2 aromatic carbocycles. The number of thiocarbonyl (C=S) groups is 1. The zero-order valence-corrected chi connectivity index (χ0v) is 15.6. The van der Waals surface area contributed by atoms with Crippen LogP contribution in [0.25, 0.3) is 16.9 Å². The molecule has 0 saturated carbocycles. The summed E-state index contributed by atoms with van der Waals surface area (Å²) in [6, 6.07) is 15.7. The number of thioether (sulfide) groups is 1. The molecule has 2 heterocycles. The number of carbonyl (C=O) groups is 1. The number of nitrogens with zero attached hydrogens (tertiary/aromatic N) is 4. The van der Waals surface area contributed by atoms with Gasteiger partial charge < -0.3 is 0 Å². The quantitative estimate of drug-likeness (QED) is 0.496. The maximum absolute atomic E-state index is 13.3. The normalized spacial score (nSPS) is 14.5. The molecular weight excluding hydrogens is 383 g/mol. The molecule has 0 spiro atoms. The lowest BCUT2D eigenvalue weighted by Gasteiger charge is -2.06. The van der Waals surface area contributed by atoms with Crippen LogP contribution in [0.4, 0.5) is 4.39 Å². The number of halogens is 1. The van der Waals surface area contributed by atoms with Gasteiger partial charge in [0.05, 0.1) is 17.7 Å². The predicted molar refractivity (Wildman–Crippen MR) is 108 cm³/mol. The number of rotatable bonds is 4. The van der Waals surface area contributed by atoms with Gasteiger partial charge in [0.15, 0.2) is 4.32 Å². The summed E-state index contributed by atoms with van der Waals surface area (Å²) in [7, 11) is 0. The fourth-order valence-electron chi connectivity index (χ4n) is 2.61. The lowest BCUT2D eigenvalue weighted by atomic mass is 10.1. The standard InChI is InChI=1S/C19H13FN4OS2/c20-15-8-6-13(7-9-15)18-14(10-21-24-17(25)12-27-19(24)26)11-23(22-18)16-4-2-1-3-5-16/h1-11H,12H2/b21-10-. The average molecular weight is 396 g/mol. The van der Waals surface area contributed by atoms with Crippen molar-refractivity contribution in [1.82, 2.24) is 14.8 Å². The molecule has 3 aromatic rings. The van der Waals surface area contributed by atoms with Gasteiger partial charge in [0, 0.05) is 17.3 Å². The van der Waals surface area contributed by atoms with E-state index in [0.717, 1.165) is 11.3 Å². The molecule has 0 bridgehead atoms. The largest absolute Gasteiger partial charge is 0.272 e. The summed E-state index contributed by atoms with van der Waals surface area (Å²) in [5, 5.41) is 10.1. The van der Waals surface area contributed by atoms with Crippen LogP contribution in [-0.4, -0.2) is 37.0 Å². The molecule has 1 amide bonds. The third kappa shape index (κ3) is 3.67. The third-order valence-electron chi connectivity index (χ3n) is 3.92. The average Bonchev–Trinajstić information content (AvgIpc) is 3.25. The van der Waals surface area contributed by atoms with Crippen molar-refractivity contribution in [2.75, 3.05) is 5.75 Å². The Labute approximate surface area is 164 Å². The van der Waals surface area contributed by atoms with Crippen molar-refractivity contribution in [1.29, 1.82) is 0 Å². The summed E-state index contributed by atoms with van der Waals surface area (Å²) in [6.45, 7) is 0. The van der Waals surface area contributed by atoms with E-state index in [1.165, 1.54) is 28.9 Å². The van der Waals surface area contributed by atoms with Crippen LogP contribution >= 0.6 is 24.0 Å². The van der Waals surface area contributed by atoms with Crippen molar-refractivity contribution in [3.63, 3.8) is 0 Å². The van der Waals surface area contributed by atoms with E-state index in [1.807, 2.05) is 36.5 Å². The monoisotopic (exact) mass is 396 g/mol. The molecule has 27 heavy (non-hydrogen) atoms. The lowest BCUT2D eigenvalue weighted by molar-refractivity contribution is -0.123. The molecule has 0 atom stereocenters. The summed E-state index contributed by atoms with van der Waals surface area (Å²) in [6.07, 6.45) is 3.37. The summed E-state index contributed by atoms with van der Waals surface area (Å²) in [5.74, 6) is -0.175. The van der Waals surface area contributed by atoms with Crippen molar-refractivity contribution < 1.29 is 9.18 Å². The van der Waals surface area contributed by atoms with Crippen LogP contribution in [0.2, 0.25) is 0 Å². The minimum atomic E-state index is -0.318. The molecule has 1 aromatic heterocycles. The summed E-state index contributed by atoms with van der Waals surface area (Å²) >= 11 is 6.43. The number of carbonyl (C=O) groups excluding carboxylic acids is 1. The zero-order valence-electron chi connectivity index (χ0n) is 13.9. The molecule has 8 heteroatoms. The second-order valence-electron chi connectivity index (χ2n) is 5.72. The predicted octanol–water partition coefficient (Wildman–Crippen LogP) is 3.87. The molecular formula is C19H13FN4OS2. The summed E-state index contributed by atoms with van der Waals surface area (Å²) < 4.78 is 15.4. The first kappa shape index (κ1) is 17.6. The highest BCUT2D eigenvalue weighted by Gasteiger charge is 2.26. The SMILES string of the molecule is O=C1CSC(=S)N1/N=C\c1cn(-c2ccccc2)nc1-c1ccc(F)cc1. The number of hydrogen-bond acceptors (Lipinski definition) is 5. The van der Waals surface area contributed by atoms with Crippen molar-refractivity contribution in [2.24, 2.45) is 5.10 Å². The number of hydrogen-bond donors (Lipinski definition) is 0. The van der Waals surface area contributed by atoms with Gasteiger partial charge in [-0.3, -0.25) is 4.79 Å². The van der Waals surface area contributed by atoms with Crippen LogP contribution in [0.15, 0.2) is 65.9 Å². The number of hydrazone groups is 1. The number of para-hydroxylation sites is 1. The molecule has 1 aliphatic heterocycles. The van der Waals surface area contributed by atoms with E-state index < -0.39 is 0 Å². The molecule has 1 aliphatic rings. The molecule has 0 N–H and O–H groups in total. The Hall–Kier alpha value is -2.84. The first-order chi connectivity index (χ1) is 13.1. The third-order valence-corrected chi connectivity index (χ3v) is 5.26. The number of aromatic nitrogens is 2. The van der Waals surface area contributed by atoms with Crippen molar-refractivity contribution >= 4 is 40.4 Å². The van der Waals surface area contributed by atoms with Gasteiger partial charge in [-0.1, -0.05) is 42.2 Å². The van der Waals surface area contributed by atoms with Crippen LogP contribution < -0.4 is 0 Å². The highest BCUT2D eigenvalue weighted by molar-refractivity contribution is 8.23. The minimum Gasteiger partial charge on any atom is -0.272 e. The smallest absolute Gasteiger partial charge is 0.259 e. The van der Waals surface area contributed by atoms with Gasteiger partial charge in [0.2, 0.25) is 0 Å². The molecule has 0 aliphatic carbocycles. The number of amides is 1. The first-order valence-electron chi connectivity index (χ1n) is 8.06. The summed E-state index contributed by atoms with van der Waals surface area (Å²) in [5.41, 5.74) is 2.95. The highest BCUT2D eigenvalue weighted by atomic mass is 32.2. The van der Waals surface area contributed by atoms with Crippen LogP contribution in [-0.2, 0) is 4.79 Å². The number of benzene rings is 2. The molecule has 0 unspecified atom stereocenters. The highest BCUT2D eigenvalue weighted by Crippen LogP contribution is 2.24. The van der Waals surface area contributed by atoms with E-state index in [4.69, 9.17) is 12.2 Å². The zero-order chi connectivity index (χ0) is 18.8. The Morgan fingerprint density at radius 2 is 1.89 bits per heavy atom. The van der Waals surface area contributed by atoms with Crippen LogP contribution in [0.1, 0.15) is 5.56 Å². The fourth-order valence-corrected chi connectivity index (χ4v) is 3.57. The topological polar surface area (TPSA) is 50.5 Å². The van der Waals surface area contributed by atoms with Gasteiger partial charge in [-0.2, -0.15) is 15.2 Å². The van der Waals surface area contributed by atoms with Gasteiger partial charge in [0.25, 0.3) is 5.91 Å². The van der Waals surface area contributed by atoms with Crippen LogP contribution in [0, 0.1) is 5.82 Å². The van der Waals surface area contributed by atoms with Gasteiger partial charge >= 0.3 is 0 Å². The Morgan fingerprint density at radius 1 is 1.15 bits per heavy atom. The molecule has 1 saturated heterocycles. The van der Waals surface area contributed by atoms with Gasteiger partial charge in [-0.15, -0.1) is 0 Å². The van der Waals surface area contributed by atoms with Gasteiger partial charge in [-0.25, -0.2) is 9.07 Å². The van der Waals surface area contributed by atoms with Crippen molar-refractivity contribution in [2.45, 2.75) is 0 Å². The molecule has 4 rings (SSSR count). The minimum absolute atomic E-state index is 0.153. The fraction of sp³-hybridized carbons (Fsp3) is 0.0526. The molecule has 5 nitrogen and oxygen atoms in total. The van der Waals surface area contributed by atoms with Gasteiger partial charge in [-0.05, 0) is 36.4 Å². The van der Waals surface area contributed by atoms with E-state index in [9.17, 15) is 9.18 Å². The van der Waals surface area contributed by atoms with E-state index >= 15 is 0 Å². The van der Waals surface area contributed by atoms with E-state index in [2.05, 4.69) is 10.2 Å². The van der Waals surface area contributed by atoms with Crippen LogP contribution in [0.5, 0.6) is 0 Å². The van der Waals surface area contributed by atoms with E-state index in [1.54, 1.807) is 23.0 Å². The molecule has 0 radical (unpaired) electrons. The molecule has 134 valence electrons. The maximum Gasteiger partial charge on any atom is 0.259 e. The van der Waals surface area contributed by atoms with E-state index in [0.29, 0.717) is 21.3 Å². The second kappa shape index (κ2) is 7.42. The first-order valence-corrected chi connectivity index (χ1v) is 9.46. The Balaban J connectivity index is 1.76. The lowest BCUT2D eigenvalue weighted by Crippen LogP contribution is -2.22. The van der Waals surface area contributed by atoms with Crippen molar-refractivity contribution in [3.05, 3.63) is 72.2 Å². The van der Waals surface area contributed by atoms with Crippen molar-refractivity contribution in [3.8, 4) is 16.9 Å². The maximum atomic E-state index is 13.3. The van der Waals surface area contributed by atoms with Gasteiger partial charge in [0.1, 0.15) is 11.5 Å². The summed E-state index contributed by atoms with van der Waals surface area (Å²) in [4.78, 5) is 11.9. The Morgan fingerprint density at radius 3 is 2.56 bits per heavy atom. The second-order valence-corrected chi connectivity index (χ2v) is 7.33. The Kier molecular flexibility index (Phi) is 4.83. The molecule has 1 fully saturated rings. The van der Waals surface area contributed by atoms with Crippen LogP contribution in [0.3, 0.4) is 0 Å². The Bertz CT molecular complexity index is 1020.